The summed E-state index contributed by atoms with van der Waals surface area (Å²) < 4.78 is 81.5. The van der Waals surface area contributed by atoms with E-state index in [4.69, 9.17) is 0 Å². The van der Waals surface area contributed by atoms with E-state index in [0.29, 0.717) is 6.92 Å². The van der Waals surface area contributed by atoms with Crippen LogP contribution in [0, 0.1) is 12.6 Å². The van der Waals surface area contributed by atoms with Crippen LogP contribution in [0.25, 0.3) is 0 Å². The molecule has 0 radical (unpaired) electrons. The first-order valence-electron chi connectivity index (χ1n) is 5.23. The molecule has 0 fully saturated rings. The molecule has 0 amide bonds. The molecular weight excluding hydrogens is 533 g/mol. The normalized spacial score (nSPS) is 15.8. The third-order valence-electron chi connectivity index (χ3n) is 2.06. The van der Waals surface area contributed by atoms with Crippen LogP contribution in [0.3, 0.4) is 0 Å². The molecule has 0 aromatic rings. The largest absolute Gasteiger partial charge is 0.451 e. The van der Waals surface area contributed by atoms with Gasteiger partial charge >= 0.3 is 6.11 Å². The van der Waals surface area contributed by atoms with Crippen molar-refractivity contribution >= 4 is 0 Å². The molecule has 112 valence electrons. The maximum absolute atomic E-state index is 12.7. The van der Waals surface area contributed by atoms with Crippen molar-refractivity contribution in [2.45, 2.75) is 38.7 Å². The molecule has 0 saturated heterocycles. The van der Waals surface area contributed by atoms with Crippen LogP contribution in [0.15, 0.2) is 0 Å². The molecule has 0 N–H and O–H groups in total. The Bertz CT molecular complexity index is 240. The predicted molar refractivity (Wildman–Crippen MR) is 51.6 cm³/mol. The Labute approximate surface area is 101 Å². The van der Waals surface area contributed by atoms with Crippen LogP contribution in [-0.2, 0) is 9.47 Å². The second kappa shape index (κ2) is 7.83. The Morgan fingerprint density at radius 1 is 1.11 bits per heavy atom. The van der Waals surface area contributed by atoms with Gasteiger partial charge in [0.25, 0.3) is 6.11 Å². The van der Waals surface area contributed by atoms with Gasteiger partial charge in [0.1, 0.15) is 0 Å². The SMILES string of the molecule is CC(CCOC(F)(F)[CH-]F)COC(F)(F)C(C)F.[Rf]. The number of ether oxygens (including phenoxy) is 2. The second-order valence-electron chi connectivity index (χ2n) is 3.90. The third kappa shape index (κ3) is 8.25. The van der Waals surface area contributed by atoms with Crippen molar-refractivity contribution in [2.75, 3.05) is 13.2 Å². The molecular formula is C10H15F6O2Rf-. The van der Waals surface area contributed by atoms with Crippen molar-refractivity contribution in [1.82, 2.24) is 0 Å². The molecule has 0 saturated carbocycles. The van der Waals surface area contributed by atoms with Crippen LogP contribution in [0.2, 0.25) is 0 Å². The second-order valence-corrected chi connectivity index (χ2v) is 3.90. The Kier molecular flexibility index (Phi) is 8.17. The van der Waals surface area contributed by atoms with Gasteiger partial charge in [-0.25, -0.2) is 13.2 Å². The van der Waals surface area contributed by atoms with Gasteiger partial charge in [-0.1, -0.05) is 13.6 Å². The van der Waals surface area contributed by atoms with Crippen molar-refractivity contribution in [2.24, 2.45) is 5.92 Å². The van der Waals surface area contributed by atoms with E-state index in [1.807, 2.05) is 0 Å². The molecule has 9 heteroatoms. The standard InChI is InChI=1S/C10H15F6O2.Rf/c1-7(3-4-17-9(13,14)6-11)5-18-10(15,16)8(2)12;/h6-8H,3-5H2,1-2H3;/q-1;. The van der Waals surface area contributed by atoms with Crippen LogP contribution in [0.4, 0.5) is 26.3 Å². The van der Waals surface area contributed by atoms with Gasteiger partial charge in [0.05, 0.1) is 13.2 Å². The first-order valence-corrected chi connectivity index (χ1v) is 5.23. The molecule has 0 aliphatic heterocycles. The molecule has 0 aliphatic rings. The van der Waals surface area contributed by atoms with Gasteiger partial charge in [-0.2, -0.15) is 8.78 Å². The maximum atomic E-state index is 12.7. The molecule has 2 atom stereocenters. The fraction of sp³-hybridized carbons (Fsp3) is 0.900. The van der Waals surface area contributed by atoms with E-state index in [9.17, 15) is 26.3 Å². The average molecular weight is 548 g/mol. The minimum absolute atomic E-state index is 0. The summed E-state index contributed by atoms with van der Waals surface area (Å²) in [6, 6.07) is 0. The fourth-order valence-electron chi connectivity index (χ4n) is 0.879. The summed E-state index contributed by atoms with van der Waals surface area (Å²) in [5.74, 6) is -0.565. The van der Waals surface area contributed by atoms with Gasteiger partial charge < -0.3 is 13.9 Å². The molecule has 2 unspecified atom stereocenters. The van der Waals surface area contributed by atoms with Crippen LogP contribution >= 0.6 is 0 Å². The van der Waals surface area contributed by atoms with E-state index in [1.165, 1.54) is 6.92 Å². The fourth-order valence-corrected chi connectivity index (χ4v) is 0.879. The van der Waals surface area contributed by atoms with Crippen molar-refractivity contribution < 1.29 is 35.8 Å². The van der Waals surface area contributed by atoms with E-state index >= 15 is 0 Å². The number of hydrogen-bond acceptors (Lipinski definition) is 2. The maximum Gasteiger partial charge on any atom is 0.386 e. The smallest absolute Gasteiger partial charge is 0.386 e. The predicted octanol–water partition coefficient (Wildman–Crippen LogP) is 3.72. The molecule has 0 heterocycles. The molecule has 0 aromatic heterocycles. The summed E-state index contributed by atoms with van der Waals surface area (Å²) in [5, 5.41) is 0. The van der Waals surface area contributed by atoms with Crippen molar-refractivity contribution in [3.8, 4) is 0 Å². The van der Waals surface area contributed by atoms with E-state index < -0.39 is 44.2 Å². The molecule has 0 bridgehead atoms. The van der Waals surface area contributed by atoms with Crippen LogP contribution < -0.4 is 0 Å². The average Bonchev–Trinajstić information content (AvgIpc) is 2.26. The van der Waals surface area contributed by atoms with E-state index in [0.717, 1.165) is 0 Å². The van der Waals surface area contributed by atoms with E-state index in [-0.39, 0.29) is 6.42 Å². The Balaban J connectivity index is 0. The zero-order valence-corrected chi connectivity index (χ0v) is 17.0. The zero-order valence-electron chi connectivity index (χ0n) is 10.6. The topological polar surface area (TPSA) is 18.5 Å². The summed E-state index contributed by atoms with van der Waals surface area (Å²) in [7, 11) is 0. The molecule has 0 rings (SSSR count). The molecule has 0 aromatic carbocycles. The quantitative estimate of drug-likeness (QED) is 0.323. The summed E-state index contributed by atoms with van der Waals surface area (Å²) >= 11 is 0. The van der Waals surface area contributed by atoms with Gasteiger partial charge in [0, 0.05) is 0 Å². The van der Waals surface area contributed by atoms with Gasteiger partial charge in [0.15, 0.2) is 6.17 Å². The minimum atomic E-state index is -3.99. The van der Waals surface area contributed by atoms with Crippen LogP contribution in [0.5, 0.6) is 0 Å². The van der Waals surface area contributed by atoms with Crippen molar-refractivity contribution in [1.29, 1.82) is 0 Å². The molecule has 0 aliphatic carbocycles. The molecule has 19 heavy (non-hydrogen) atoms. The van der Waals surface area contributed by atoms with Gasteiger partial charge in [-0.15, -0.1) is 0 Å². The number of hydrogen-bond donors (Lipinski definition) is 0. The van der Waals surface area contributed by atoms with Gasteiger partial charge in [0.2, 0.25) is 0 Å². The first-order chi connectivity index (χ1) is 8.10. The Hall–Kier alpha value is -1.50. The Morgan fingerprint density at radius 3 is 2.05 bits per heavy atom. The minimum Gasteiger partial charge on any atom is -0.451 e. The van der Waals surface area contributed by atoms with E-state index in [2.05, 4.69) is 9.47 Å². The van der Waals surface area contributed by atoms with Crippen LogP contribution in [0.1, 0.15) is 20.3 Å². The van der Waals surface area contributed by atoms with Gasteiger partial charge in [-0.3, -0.25) is 0 Å². The summed E-state index contributed by atoms with van der Waals surface area (Å²) in [4.78, 5) is 0. The monoisotopic (exact) mass is 548 g/mol. The number of alkyl halides is 5. The zero-order chi connectivity index (χ0) is 14.4. The molecule has 0 spiro atoms. The Morgan fingerprint density at radius 2 is 1.63 bits per heavy atom. The van der Waals surface area contributed by atoms with Crippen molar-refractivity contribution in [3.05, 3.63) is 6.67 Å². The third-order valence-corrected chi connectivity index (χ3v) is 2.06. The van der Waals surface area contributed by atoms with E-state index in [1.54, 1.807) is 0 Å². The van der Waals surface area contributed by atoms with Crippen molar-refractivity contribution in [3.63, 3.8) is 0 Å². The molecule has 2 nitrogen and oxygen atoms in total. The summed E-state index contributed by atoms with van der Waals surface area (Å²) in [6.07, 6.45) is -10.4. The summed E-state index contributed by atoms with van der Waals surface area (Å²) in [5.41, 5.74) is 0. The summed E-state index contributed by atoms with van der Waals surface area (Å²) in [6.45, 7) is 0.113. The van der Waals surface area contributed by atoms with Crippen LogP contribution in [-0.4, -0.2) is 31.6 Å². The number of rotatable bonds is 9. The number of halogens is 6. The van der Waals surface area contributed by atoms with Gasteiger partial charge in [-0.05, 0) is 19.3 Å². The first kappa shape index (κ1) is 19.8.